The monoisotopic (exact) mass is 470 g/mol. The SMILES string of the molecule is CCCCC=CC1CCC(C(CC)CCCCC(CC)C2CCC(C=CCCCC)CC2)CC1. The van der Waals surface area contributed by atoms with Crippen molar-refractivity contribution in [3.8, 4) is 0 Å². The molecular weight excluding hydrogens is 408 g/mol. The number of allylic oxidation sites excluding steroid dienone is 4. The van der Waals surface area contributed by atoms with Crippen molar-refractivity contribution in [2.24, 2.45) is 35.5 Å². The lowest BCUT2D eigenvalue weighted by Gasteiger charge is -2.34. The number of hydrogen-bond donors (Lipinski definition) is 0. The molecule has 2 atom stereocenters. The summed E-state index contributed by atoms with van der Waals surface area (Å²) in [5.74, 6) is 5.82. The molecule has 2 aliphatic rings. The first-order valence-electron chi connectivity index (χ1n) is 16.0. The summed E-state index contributed by atoms with van der Waals surface area (Å²) in [7, 11) is 0. The molecule has 0 amide bonds. The van der Waals surface area contributed by atoms with Gasteiger partial charge in [-0.05, 0) is 99.7 Å². The van der Waals surface area contributed by atoms with Gasteiger partial charge in [-0.2, -0.15) is 0 Å². The van der Waals surface area contributed by atoms with Crippen LogP contribution in [0.25, 0.3) is 0 Å². The van der Waals surface area contributed by atoms with Crippen LogP contribution in [0.3, 0.4) is 0 Å². The second-order valence-corrected chi connectivity index (χ2v) is 12.1. The van der Waals surface area contributed by atoms with E-state index in [0.29, 0.717) is 0 Å². The standard InChI is InChI=1S/C34H62/c1-5-9-11-13-17-29-21-25-33(26-22-29)31(7-3)19-15-16-20-32(8-4)34-27-23-30(24-28-34)18-14-12-10-6-2/h13-14,17-18,29-34H,5-12,15-16,19-28H2,1-4H3. The summed E-state index contributed by atoms with van der Waals surface area (Å²) in [6.07, 6.45) is 38.7. The summed E-state index contributed by atoms with van der Waals surface area (Å²) in [6, 6.07) is 0. The highest BCUT2D eigenvalue weighted by Crippen LogP contribution is 2.39. The summed E-state index contributed by atoms with van der Waals surface area (Å²) < 4.78 is 0. The molecular formula is C34H62. The average Bonchev–Trinajstić information content (AvgIpc) is 2.88. The van der Waals surface area contributed by atoms with Gasteiger partial charge in [0.2, 0.25) is 0 Å². The van der Waals surface area contributed by atoms with E-state index >= 15 is 0 Å². The van der Waals surface area contributed by atoms with Crippen LogP contribution in [0.2, 0.25) is 0 Å². The maximum absolute atomic E-state index is 2.56. The first-order valence-corrected chi connectivity index (χ1v) is 16.0. The van der Waals surface area contributed by atoms with Crippen molar-refractivity contribution in [2.75, 3.05) is 0 Å². The Morgan fingerprint density at radius 2 is 0.912 bits per heavy atom. The van der Waals surface area contributed by atoms with Crippen LogP contribution in [-0.4, -0.2) is 0 Å². The van der Waals surface area contributed by atoms with Gasteiger partial charge in [-0.15, -0.1) is 0 Å². The molecule has 198 valence electrons. The molecule has 0 nitrogen and oxygen atoms in total. The van der Waals surface area contributed by atoms with Crippen molar-refractivity contribution in [3.63, 3.8) is 0 Å². The van der Waals surface area contributed by atoms with Crippen LogP contribution in [0.1, 0.15) is 156 Å². The first-order chi connectivity index (χ1) is 16.7. The summed E-state index contributed by atoms with van der Waals surface area (Å²) >= 11 is 0. The van der Waals surface area contributed by atoms with Crippen molar-refractivity contribution in [1.29, 1.82) is 0 Å². The van der Waals surface area contributed by atoms with Crippen molar-refractivity contribution >= 4 is 0 Å². The van der Waals surface area contributed by atoms with Crippen molar-refractivity contribution in [2.45, 2.75) is 156 Å². The summed E-state index contributed by atoms with van der Waals surface area (Å²) in [4.78, 5) is 0. The Bertz CT molecular complexity index is 464. The molecule has 0 saturated heterocycles. The molecule has 2 unspecified atom stereocenters. The maximum atomic E-state index is 2.56. The zero-order valence-corrected chi connectivity index (χ0v) is 23.9. The van der Waals surface area contributed by atoms with Crippen LogP contribution in [0.5, 0.6) is 0 Å². The van der Waals surface area contributed by atoms with E-state index in [0.717, 1.165) is 35.5 Å². The van der Waals surface area contributed by atoms with Crippen LogP contribution < -0.4 is 0 Å². The second kappa shape index (κ2) is 18.7. The zero-order chi connectivity index (χ0) is 24.4. The Morgan fingerprint density at radius 1 is 0.529 bits per heavy atom. The predicted molar refractivity (Wildman–Crippen MR) is 154 cm³/mol. The van der Waals surface area contributed by atoms with Gasteiger partial charge in [-0.1, -0.05) is 116 Å². The Morgan fingerprint density at radius 3 is 1.24 bits per heavy atom. The lowest BCUT2D eigenvalue weighted by atomic mass is 9.72. The normalized spacial score (nSPS) is 28.0. The average molecular weight is 471 g/mol. The van der Waals surface area contributed by atoms with Crippen LogP contribution in [0.4, 0.5) is 0 Å². The Kier molecular flexibility index (Phi) is 16.3. The van der Waals surface area contributed by atoms with E-state index in [9.17, 15) is 0 Å². The Hall–Kier alpha value is -0.520. The molecule has 2 aliphatic carbocycles. The molecule has 34 heavy (non-hydrogen) atoms. The van der Waals surface area contributed by atoms with Crippen molar-refractivity contribution in [3.05, 3.63) is 24.3 Å². The summed E-state index contributed by atoms with van der Waals surface area (Å²) in [5.41, 5.74) is 0. The Balaban J connectivity index is 1.61. The molecule has 0 heterocycles. The van der Waals surface area contributed by atoms with Gasteiger partial charge in [0, 0.05) is 0 Å². The third-order valence-corrected chi connectivity index (χ3v) is 9.68. The molecule has 2 rings (SSSR count). The third-order valence-electron chi connectivity index (χ3n) is 9.68. The molecule has 0 aliphatic heterocycles. The van der Waals surface area contributed by atoms with E-state index in [-0.39, 0.29) is 0 Å². The molecule has 0 spiro atoms. The molecule has 0 heteroatoms. The van der Waals surface area contributed by atoms with E-state index in [2.05, 4.69) is 52.0 Å². The number of hydrogen-bond acceptors (Lipinski definition) is 0. The van der Waals surface area contributed by atoms with Gasteiger partial charge in [0.15, 0.2) is 0 Å². The minimum absolute atomic E-state index is 0.887. The highest BCUT2D eigenvalue weighted by Gasteiger charge is 2.27. The number of unbranched alkanes of at least 4 members (excludes halogenated alkanes) is 5. The maximum Gasteiger partial charge on any atom is -0.0233 e. The minimum Gasteiger partial charge on any atom is -0.0883 e. The predicted octanol–water partition coefficient (Wildman–Crippen LogP) is 11.7. The van der Waals surface area contributed by atoms with Gasteiger partial charge in [0.1, 0.15) is 0 Å². The zero-order valence-electron chi connectivity index (χ0n) is 23.9. The van der Waals surface area contributed by atoms with Crippen molar-refractivity contribution < 1.29 is 0 Å². The van der Waals surface area contributed by atoms with Gasteiger partial charge >= 0.3 is 0 Å². The highest BCUT2D eigenvalue weighted by atomic mass is 14.3. The second-order valence-electron chi connectivity index (χ2n) is 12.1. The van der Waals surface area contributed by atoms with Crippen LogP contribution in [-0.2, 0) is 0 Å². The fourth-order valence-corrected chi connectivity index (χ4v) is 7.20. The van der Waals surface area contributed by atoms with Gasteiger partial charge in [0.25, 0.3) is 0 Å². The molecule has 0 aromatic carbocycles. The van der Waals surface area contributed by atoms with Gasteiger partial charge in [0.05, 0.1) is 0 Å². The van der Waals surface area contributed by atoms with Crippen LogP contribution in [0, 0.1) is 35.5 Å². The molecule has 0 radical (unpaired) electrons. The van der Waals surface area contributed by atoms with E-state index in [1.807, 2.05) is 0 Å². The lowest BCUT2D eigenvalue weighted by Crippen LogP contribution is -2.22. The van der Waals surface area contributed by atoms with Crippen molar-refractivity contribution in [1.82, 2.24) is 0 Å². The Labute approximate surface area is 215 Å². The number of rotatable bonds is 17. The molecule has 2 saturated carbocycles. The lowest BCUT2D eigenvalue weighted by molar-refractivity contribution is 0.191. The van der Waals surface area contributed by atoms with E-state index in [1.54, 1.807) is 0 Å². The molecule has 0 N–H and O–H groups in total. The largest absolute Gasteiger partial charge is 0.0883 e. The fourth-order valence-electron chi connectivity index (χ4n) is 7.20. The topological polar surface area (TPSA) is 0 Å². The van der Waals surface area contributed by atoms with E-state index in [1.165, 1.54) is 128 Å². The quantitative estimate of drug-likeness (QED) is 0.146. The summed E-state index contributed by atoms with van der Waals surface area (Å²) in [5, 5.41) is 0. The smallest absolute Gasteiger partial charge is 0.0233 e. The van der Waals surface area contributed by atoms with Crippen LogP contribution in [0.15, 0.2) is 24.3 Å². The minimum atomic E-state index is 0.887. The van der Waals surface area contributed by atoms with Gasteiger partial charge < -0.3 is 0 Å². The van der Waals surface area contributed by atoms with E-state index in [4.69, 9.17) is 0 Å². The molecule has 0 aromatic rings. The molecule has 0 bridgehead atoms. The third kappa shape index (κ3) is 11.5. The highest BCUT2D eigenvalue weighted by molar-refractivity contribution is 4.93. The summed E-state index contributed by atoms with van der Waals surface area (Å²) in [6.45, 7) is 9.52. The fraction of sp³-hybridized carbons (Fsp3) is 0.882. The molecule has 2 fully saturated rings. The van der Waals surface area contributed by atoms with Gasteiger partial charge in [-0.25, -0.2) is 0 Å². The van der Waals surface area contributed by atoms with Crippen LogP contribution >= 0.6 is 0 Å². The van der Waals surface area contributed by atoms with Gasteiger partial charge in [-0.3, -0.25) is 0 Å². The van der Waals surface area contributed by atoms with E-state index < -0.39 is 0 Å². The molecule has 0 aromatic heterocycles. The first kappa shape index (κ1) is 29.7.